The number of amides is 2. The fourth-order valence-electron chi connectivity index (χ4n) is 3.95. The van der Waals surface area contributed by atoms with Crippen LogP contribution in [0.15, 0.2) is 54.9 Å². The van der Waals surface area contributed by atoms with Crippen molar-refractivity contribution in [2.75, 3.05) is 13.7 Å². The number of hydrogen-bond donors (Lipinski definition) is 2. The first-order chi connectivity index (χ1) is 15.5. The van der Waals surface area contributed by atoms with Crippen LogP contribution in [0.4, 0.5) is 13.6 Å². The van der Waals surface area contributed by atoms with Gasteiger partial charge in [0.15, 0.2) is 0 Å². The second kappa shape index (κ2) is 9.17. The lowest BCUT2D eigenvalue weighted by Crippen LogP contribution is -2.52. The van der Waals surface area contributed by atoms with Crippen LogP contribution < -0.4 is 5.32 Å². The number of urea groups is 1. The third kappa shape index (κ3) is 4.32. The van der Waals surface area contributed by atoms with Crippen molar-refractivity contribution in [3.8, 4) is 0 Å². The van der Waals surface area contributed by atoms with E-state index in [1.165, 1.54) is 18.3 Å². The molecule has 9 heteroatoms. The van der Waals surface area contributed by atoms with Gasteiger partial charge in [-0.3, -0.25) is 0 Å². The highest BCUT2D eigenvalue weighted by Gasteiger charge is 2.37. The van der Waals surface area contributed by atoms with E-state index in [2.05, 4.69) is 15.3 Å². The van der Waals surface area contributed by atoms with Gasteiger partial charge in [-0.15, -0.1) is 0 Å². The molecule has 2 heterocycles. The van der Waals surface area contributed by atoms with Crippen molar-refractivity contribution in [3.05, 3.63) is 89.0 Å². The van der Waals surface area contributed by atoms with Gasteiger partial charge >= 0.3 is 12.0 Å². The first-order valence-electron chi connectivity index (χ1n) is 10.1. The maximum atomic E-state index is 14.7. The van der Waals surface area contributed by atoms with Crippen molar-refractivity contribution in [1.82, 2.24) is 20.2 Å². The first-order valence-corrected chi connectivity index (χ1v) is 10.1. The summed E-state index contributed by atoms with van der Waals surface area (Å²) in [7, 11) is 1.24. The Morgan fingerprint density at radius 1 is 1.25 bits per heavy atom. The fraction of sp³-hybridized carbons (Fsp3) is 0.261. The number of aromatic nitrogens is 2. The molecule has 0 aliphatic carbocycles. The van der Waals surface area contributed by atoms with Gasteiger partial charge in [0.1, 0.15) is 23.7 Å². The Hall–Kier alpha value is -3.75. The van der Waals surface area contributed by atoms with Crippen molar-refractivity contribution in [2.24, 2.45) is 0 Å². The van der Waals surface area contributed by atoms with Crippen LogP contribution in [0.25, 0.3) is 0 Å². The molecule has 1 aliphatic heterocycles. The summed E-state index contributed by atoms with van der Waals surface area (Å²) in [5.41, 5.74) is 2.01. The van der Waals surface area contributed by atoms with Crippen molar-refractivity contribution < 1.29 is 23.1 Å². The fourth-order valence-corrected chi connectivity index (χ4v) is 3.95. The summed E-state index contributed by atoms with van der Waals surface area (Å²) >= 11 is 0. The van der Waals surface area contributed by atoms with Crippen LogP contribution in [0.3, 0.4) is 0 Å². The molecule has 0 saturated heterocycles. The van der Waals surface area contributed by atoms with Crippen LogP contribution in [-0.2, 0) is 22.4 Å². The molecular weight excluding hydrogens is 418 g/mol. The van der Waals surface area contributed by atoms with Crippen LogP contribution in [0.2, 0.25) is 0 Å². The van der Waals surface area contributed by atoms with Gasteiger partial charge in [0.25, 0.3) is 0 Å². The van der Waals surface area contributed by atoms with Crippen LogP contribution in [-0.4, -0.2) is 46.6 Å². The Bertz CT molecular complexity index is 1120. The minimum atomic E-state index is -0.950. The van der Waals surface area contributed by atoms with Crippen molar-refractivity contribution >= 4 is 12.0 Å². The van der Waals surface area contributed by atoms with Crippen LogP contribution in [0, 0.1) is 11.6 Å². The van der Waals surface area contributed by atoms with E-state index >= 15 is 0 Å². The molecule has 0 saturated carbocycles. The summed E-state index contributed by atoms with van der Waals surface area (Å²) in [6.45, 7) is 0.223. The molecule has 3 aromatic rings. The number of fused-ring (bicyclic) bond motifs is 1. The van der Waals surface area contributed by atoms with Gasteiger partial charge in [-0.1, -0.05) is 30.3 Å². The lowest BCUT2D eigenvalue weighted by atomic mass is 9.95. The third-order valence-corrected chi connectivity index (χ3v) is 5.50. The minimum absolute atomic E-state index is 0.00845. The predicted molar refractivity (Wildman–Crippen MR) is 112 cm³/mol. The number of halogens is 2. The molecule has 4 rings (SSSR count). The molecule has 2 aromatic carbocycles. The average Bonchev–Trinajstić information content (AvgIpc) is 3.28. The molecule has 2 atom stereocenters. The highest BCUT2D eigenvalue weighted by molar-refractivity contribution is 5.84. The predicted octanol–water partition coefficient (Wildman–Crippen LogP) is 3.13. The van der Waals surface area contributed by atoms with Crippen molar-refractivity contribution in [2.45, 2.75) is 24.9 Å². The molecule has 2 unspecified atom stereocenters. The highest BCUT2D eigenvalue weighted by atomic mass is 19.1. The maximum absolute atomic E-state index is 14.7. The minimum Gasteiger partial charge on any atom is -0.467 e. The molecule has 0 fully saturated rings. The highest BCUT2D eigenvalue weighted by Crippen LogP contribution is 2.35. The van der Waals surface area contributed by atoms with E-state index in [1.54, 1.807) is 0 Å². The number of nitrogens with zero attached hydrogens (tertiary/aromatic N) is 2. The number of methoxy groups -OCH3 is 1. The molecule has 0 radical (unpaired) electrons. The SMILES string of the molecule is COC(=O)C(Cc1ccccc1)NC(=O)N1CCc2[nH]cnc2C1c1cc(F)ccc1F. The number of carbonyl (C=O) groups is 2. The standard InChI is InChI=1S/C23H22F2N4O3/c1-32-22(30)19(11-14-5-3-2-4-6-14)28-23(31)29-10-9-18-20(27-13-26-18)21(29)16-12-15(24)7-8-17(16)25/h2-8,12-13,19,21H,9-11H2,1H3,(H,26,27)(H,28,31). The maximum Gasteiger partial charge on any atom is 0.328 e. The third-order valence-electron chi connectivity index (χ3n) is 5.50. The van der Waals surface area contributed by atoms with E-state index in [9.17, 15) is 18.4 Å². The Balaban J connectivity index is 1.64. The van der Waals surface area contributed by atoms with Gasteiger partial charge in [0.05, 0.1) is 19.1 Å². The topological polar surface area (TPSA) is 87.3 Å². The monoisotopic (exact) mass is 440 g/mol. The number of rotatable bonds is 5. The Morgan fingerprint density at radius 3 is 2.78 bits per heavy atom. The van der Waals surface area contributed by atoms with Gasteiger partial charge < -0.3 is 19.9 Å². The molecule has 2 N–H and O–H groups in total. The van der Waals surface area contributed by atoms with Crippen LogP contribution in [0.1, 0.15) is 28.6 Å². The lowest BCUT2D eigenvalue weighted by Gasteiger charge is -2.36. The van der Waals surface area contributed by atoms with E-state index in [-0.39, 0.29) is 18.5 Å². The molecule has 7 nitrogen and oxygen atoms in total. The Kier molecular flexibility index (Phi) is 6.16. The zero-order valence-corrected chi connectivity index (χ0v) is 17.3. The van der Waals surface area contributed by atoms with Gasteiger partial charge in [-0.05, 0) is 23.8 Å². The van der Waals surface area contributed by atoms with E-state index < -0.39 is 35.7 Å². The molecule has 32 heavy (non-hydrogen) atoms. The van der Waals surface area contributed by atoms with Crippen molar-refractivity contribution in [1.29, 1.82) is 0 Å². The number of H-pyrrole nitrogens is 1. The summed E-state index contributed by atoms with van der Waals surface area (Å²) < 4.78 is 33.5. The number of hydrogen-bond acceptors (Lipinski definition) is 4. The molecule has 1 aromatic heterocycles. The summed E-state index contributed by atoms with van der Waals surface area (Å²) in [6, 6.07) is 9.79. The zero-order chi connectivity index (χ0) is 22.7. The molecule has 0 bridgehead atoms. The quantitative estimate of drug-likeness (QED) is 0.597. The molecule has 1 aliphatic rings. The normalized spacial score (nSPS) is 16.2. The van der Waals surface area contributed by atoms with E-state index in [4.69, 9.17) is 4.74 Å². The van der Waals surface area contributed by atoms with Gasteiger partial charge in [-0.2, -0.15) is 0 Å². The largest absolute Gasteiger partial charge is 0.467 e. The van der Waals surface area contributed by atoms with Gasteiger partial charge in [-0.25, -0.2) is 23.4 Å². The summed E-state index contributed by atoms with van der Waals surface area (Å²) in [5.74, 6) is -1.88. The summed E-state index contributed by atoms with van der Waals surface area (Å²) in [5, 5.41) is 2.70. The number of esters is 1. The molecule has 2 amide bonds. The summed E-state index contributed by atoms with van der Waals surface area (Å²) in [4.78, 5) is 34.3. The first kappa shape index (κ1) is 21.5. The average molecular weight is 440 g/mol. The van der Waals surface area contributed by atoms with E-state index in [1.807, 2.05) is 30.3 Å². The van der Waals surface area contributed by atoms with Crippen LogP contribution >= 0.6 is 0 Å². The second-order valence-electron chi connectivity index (χ2n) is 7.49. The molecular formula is C23H22F2N4O3. The smallest absolute Gasteiger partial charge is 0.328 e. The number of nitrogens with one attached hydrogen (secondary N) is 2. The van der Waals surface area contributed by atoms with E-state index in [0.29, 0.717) is 12.1 Å². The Labute approximate surface area is 183 Å². The number of carbonyl (C=O) groups excluding carboxylic acids is 2. The number of ether oxygens (including phenoxy) is 1. The zero-order valence-electron chi connectivity index (χ0n) is 17.3. The summed E-state index contributed by atoms with van der Waals surface area (Å²) in [6.07, 6.45) is 2.14. The molecule has 166 valence electrons. The molecule has 0 spiro atoms. The lowest BCUT2D eigenvalue weighted by molar-refractivity contribution is -0.142. The van der Waals surface area contributed by atoms with Crippen molar-refractivity contribution in [3.63, 3.8) is 0 Å². The van der Waals surface area contributed by atoms with Gasteiger partial charge in [0.2, 0.25) is 0 Å². The number of aromatic amines is 1. The number of imidazole rings is 1. The van der Waals surface area contributed by atoms with Crippen LogP contribution in [0.5, 0.6) is 0 Å². The second-order valence-corrected chi connectivity index (χ2v) is 7.49. The van der Waals surface area contributed by atoms with E-state index in [0.717, 1.165) is 29.5 Å². The number of benzene rings is 2. The van der Waals surface area contributed by atoms with Gasteiger partial charge in [0, 0.05) is 30.6 Å². The Morgan fingerprint density at radius 2 is 2.03 bits per heavy atom.